The number of rotatable bonds is 3. The Morgan fingerprint density at radius 3 is 2.84 bits per heavy atom. The van der Waals surface area contributed by atoms with Gasteiger partial charge in [-0.3, -0.25) is 5.43 Å². The Bertz CT molecular complexity index is 576. The third-order valence-electron chi connectivity index (χ3n) is 3.30. The van der Waals surface area contributed by atoms with Crippen molar-refractivity contribution in [3.05, 3.63) is 65.2 Å². The van der Waals surface area contributed by atoms with Gasteiger partial charge in [-0.05, 0) is 47.9 Å². The molecule has 0 saturated carbocycles. The Hall–Kier alpha value is -2.13. The van der Waals surface area contributed by atoms with Crippen molar-refractivity contribution in [2.45, 2.75) is 13.0 Å². The van der Waals surface area contributed by atoms with Gasteiger partial charge in [0, 0.05) is 6.54 Å². The van der Waals surface area contributed by atoms with Crippen LogP contribution in [0.1, 0.15) is 16.7 Å². The Balaban J connectivity index is 1.69. The third kappa shape index (κ3) is 3.01. The lowest BCUT2D eigenvalue weighted by Gasteiger charge is -2.16. The van der Waals surface area contributed by atoms with Crippen LogP contribution in [-0.2, 0) is 13.0 Å². The van der Waals surface area contributed by atoms with E-state index in [9.17, 15) is 0 Å². The average molecular weight is 251 g/mol. The molecule has 1 aliphatic heterocycles. The van der Waals surface area contributed by atoms with Crippen LogP contribution in [0.4, 0.5) is 5.69 Å². The van der Waals surface area contributed by atoms with E-state index in [0.717, 1.165) is 30.8 Å². The van der Waals surface area contributed by atoms with Crippen molar-refractivity contribution in [2.75, 3.05) is 12.0 Å². The molecule has 1 heterocycles. The van der Waals surface area contributed by atoms with E-state index in [2.05, 4.69) is 34.0 Å². The summed E-state index contributed by atoms with van der Waals surface area (Å²) in [5.74, 6) is 0. The Morgan fingerprint density at radius 2 is 1.95 bits per heavy atom. The van der Waals surface area contributed by atoms with E-state index in [-0.39, 0.29) is 0 Å². The molecule has 0 unspecified atom stereocenters. The Morgan fingerprint density at radius 1 is 1.05 bits per heavy atom. The first-order valence-corrected chi connectivity index (χ1v) is 6.58. The van der Waals surface area contributed by atoms with Crippen molar-refractivity contribution in [3.8, 4) is 0 Å². The van der Waals surface area contributed by atoms with Crippen LogP contribution >= 0.6 is 0 Å². The summed E-state index contributed by atoms with van der Waals surface area (Å²) < 4.78 is 0. The van der Waals surface area contributed by atoms with Crippen LogP contribution in [-0.4, -0.2) is 12.8 Å². The number of hydrogen-bond acceptors (Lipinski definition) is 3. The third-order valence-corrected chi connectivity index (χ3v) is 3.30. The number of hydrogen-bond donors (Lipinski definition) is 2. The Kier molecular flexibility index (Phi) is 3.56. The van der Waals surface area contributed by atoms with Gasteiger partial charge in [-0.1, -0.05) is 30.3 Å². The Labute approximate surface area is 113 Å². The second kappa shape index (κ2) is 5.67. The quantitative estimate of drug-likeness (QED) is 0.650. The van der Waals surface area contributed by atoms with Crippen LogP contribution in [0.5, 0.6) is 0 Å². The lowest BCUT2D eigenvalue weighted by Crippen LogP contribution is -2.23. The second-order valence-corrected chi connectivity index (χ2v) is 4.69. The molecule has 2 aromatic rings. The number of nitrogens with one attached hydrogen (secondary N) is 2. The minimum absolute atomic E-state index is 0.981. The zero-order valence-electron chi connectivity index (χ0n) is 10.8. The van der Waals surface area contributed by atoms with Gasteiger partial charge in [-0.15, -0.1) is 0 Å². The number of benzene rings is 2. The molecule has 0 aliphatic carbocycles. The summed E-state index contributed by atoms with van der Waals surface area (Å²) in [5, 5.41) is 7.65. The van der Waals surface area contributed by atoms with Gasteiger partial charge in [-0.2, -0.15) is 5.10 Å². The summed E-state index contributed by atoms with van der Waals surface area (Å²) in [5.41, 5.74) is 8.01. The van der Waals surface area contributed by atoms with Crippen LogP contribution in [0.2, 0.25) is 0 Å². The molecule has 0 radical (unpaired) electrons. The molecule has 3 rings (SSSR count). The van der Waals surface area contributed by atoms with Crippen molar-refractivity contribution in [1.82, 2.24) is 5.32 Å². The standard InChI is InChI=1S/C16H17N3/c1-2-4-16(5-3-1)19-18-11-13-6-7-15-12-17-9-8-14(15)10-13/h1-7,10-11,17,19H,8-9,12H2. The smallest absolute Gasteiger partial charge is 0.0561 e. The van der Waals surface area contributed by atoms with E-state index in [1.165, 1.54) is 11.1 Å². The van der Waals surface area contributed by atoms with E-state index in [4.69, 9.17) is 0 Å². The molecule has 0 bridgehead atoms. The summed E-state index contributed by atoms with van der Waals surface area (Å²) in [7, 11) is 0. The van der Waals surface area contributed by atoms with Crippen LogP contribution < -0.4 is 10.7 Å². The van der Waals surface area contributed by atoms with Gasteiger partial charge >= 0.3 is 0 Å². The largest absolute Gasteiger partial charge is 0.312 e. The highest BCUT2D eigenvalue weighted by Gasteiger charge is 2.07. The summed E-state index contributed by atoms with van der Waals surface area (Å²) in [4.78, 5) is 0. The minimum Gasteiger partial charge on any atom is -0.312 e. The normalized spacial score (nSPS) is 14.3. The number of para-hydroxylation sites is 1. The van der Waals surface area contributed by atoms with Crippen molar-refractivity contribution >= 4 is 11.9 Å². The van der Waals surface area contributed by atoms with E-state index in [1.807, 2.05) is 36.5 Å². The predicted octanol–water partition coefficient (Wildman–Crippen LogP) is 2.78. The van der Waals surface area contributed by atoms with Crippen molar-refractivity contribution < 1.29 is 0 Å². The molecule has 0 spiro atoms. The fraction of sp³-hybridized carbons (Fsp3) is 0.188. The van der Waals surface area contributed by atoms with Gasteiger partial charge < -0.3 is 5.32 Å². The molecular formula is C16H17N3. The molecule has 2 aromatic carbocycles. The summed E-state index contributed by atoms with van der Waals surface area (Å²) in [6.07, 6.45) is 2.97. The minimum atomic E-state index is 0.981. The first-order chi connectivity index (χ1) is 9.42. The number of fused-ring (bicyclic) bond motifs is 1. The molecule has 2 N–H and O–H groups in total. The molecule has 1 aliphatic rings. The fourth-order valence-corrected chi connectivity index (χ4v) is 2.27. The van der Waals surface area contributed by atoms with Crippen molar-refractivity contribution in [2.24, 2.45) is 5.10 Å². The van der Waals surface area contributed by atoms with Gasteiger partial charge in [0.15, 0.2) is 0 Å². The highest BCUT2D eigenvalue weighted by Crippen LogP contribution is 2.15. The molecular weight excluding hydrogens is 234 g/mol. The van der Waals surface area contributed by atoms with Crippen LogP contribution in [0.15, 0.2) is 53.6 Å². The van der Waals surface area contributed by atoms with E-state index >= 15 is 0 Å². The van der Waals surface area contributed by atoms with Gasteiger partial charge in [0.25, 0.3) is 0 Å². The van der Waals surface area contributed by atoms with Gasteiger partial charge in [0.1, 0.15) is 0 Å². The van der Waals surface area contributed by atoms with Crippen LogP contribution in [0, 0.1) is 0 Å². The molecule has 96 valence electrons. The van der Waals surface area contributed by atoms with Gasteiger partial charge in [0.05, 0.1) is 11.9 Å². The topological polar surface area (TPSA) is 36.4 Å². The van der Waals surface area contributed by atoms with Gasteiger partial charge in [-0.25, -0.2) is 0 Å². The van der Waals surface area contributed by atoms with Gasteiger partial charge in [0.2, 0.25) is 0 Å². The van der Waals surface area contributed by atoms with Crippen LogP contribution in [0.25, 0.3) is 0 Å². The second-order valence-electron chi connectivity index (χ2n) is 4.69. The van der Waals surface area contributed by atoms with E-state index < -0.39 is 0 Å². The maximum Gasteiger partial charge on any atom is 0.0561 e. The monoisotopic (exact) mass is 251 g/mol. The van der Waals surface area contributed by atoms with Crippen LogP contribution in [0.3, 0.4) is 0 Å². The van der Waals surface area contributed by atoms with E-state index in [1.54, 1.807) is 0 Å². The highest BCUT2D eigenvalue weighted by atomic mass is 15.3. The molecule has 0 atom stereocenters. The molecule has 0 aromatic heterocycles. The molecule has 0 saturated heterocycles. The number of hydrazone groups is 1. The first-order valence-electron chi connectivity index (χ1n) is 6.58. The number of anilines is 1. The molecule has 3 nitrogen and oxygen atoms in total. The van der Waals surface area contributed by atoms with E-state index in [0.29, 0.717) is 0 Å². The molecule has 3 heteroatoms. The van der Waals surface area contributed by atoms with Crippen molar-refractivity contribution in [1.29, 1.82) is 0 Å². The summed E-state index contributed by atoms with van der Waals surface area (Å²) in [6, 6.07) is 16.5. The lowest BCUT2D eigenvalue weighted by atomic mass is 9.99. The molecule has 0 fully saturated rings. The zero-order chi connectivity index (χ0) is 12.9. The number of nitrogens with zero attached hydrogens (tertiary/aromatic N) is 1. The predicted molar refractivity (Wildman–Crippen MR) is 79.5 cm³/mol. The van der Waals surface area contributed by atoms with Crippen molar-refractivity contribution in [3.63, 3.8) is 0 Å². The summed E-state index contributed by atoms with van der Waals surface area (Å²) >= 11 is 0. The maximum atomic E-state index is 4.27. The first kappa shape index (κ1) is 11.9. The molecule has 0 amide bonds. The highest BCUT2D eigenvalue weighted by molar-refractivity contribution is 5.80. The SMILES string of the molecule is C(=NNc1ccccc1)c1ccc2c(c1)CCNC2. The summed E-state index contributed by atoms with van der Waals surface area (Å²) in [6.45, 7) is 2.05. The maximum absolute atomic E-state index is 4.27. The zero-order valence-corrected chi connectivity index (χ0v) is 10.8. The fourth-order valence-electron chi connectivity index (χ4n) is 2.27. The lowest BCUT2D eigenvalue weighted by molar-refractivity contribution is 0.644. The molecule has 19 heavy (non-hydrogen) atoms. The average Bonchev–Trinajstić information content (AvgIpc) is 2.48.